The number of benzene rings is 2. The van der Waals surface area contributed by atoms with E-state index in [0.717, 1.165) is 16.0 Å². The van der Waals surface area contributed by atoms with Gasteiger partial charge in [-0.15, -0.1) is 0 Å². The van der Waals surface area contributed by atoms with E-state index in [1.165, 1.54) is 19.0 Å². The van der Waals surface area contributed by atoms with Crippen LogP contribution < -0.4 is 5.32 Å². The van der Waals surface area contributed by atoms with Gasteiger partial charge < -0.3 is 10.2 Å². The first kappa shape index (κ1) is 17.7. The van der Waals surface area contributed by atoms with E-state index in [1.54, 1.807) is 0 Å². The Morgan fingerprint density at radius 1 is 0.962 bits per heavy atom. The minimum atomic E-state index is -0.764. The Balaban J connectivity index is 1.78. The zero-order valence-electron chi connectivity index (χ0n) is 14.8. The lowest BCUT2D eigenvalue weighted by molar-refractivity contribution is -0.131. The highest BCUT2D eigenvalue weighted by Gasteiger charge is 2.41. The van der Waals surface area contributed by atoms with Gasteiger partial charge in [0.2, 0.25) is 5.91 Å². The van der Waals surface area contributed by atoms with E-state index in [1.807, 2.05) is 60.7 Å². The van der Waals surface area contributed by atoms with E-state index in [2.05, 4.69) is 5.32 Å². The summed E-state index contributed by atoms with van der Waals surface area (Å²) >= 11 is 0. The number of amides is 4. The summed E-state index contributed by atoms with van der Waals surface area (Å²) in [4.78, 5) is 39.0. The molecule has 1 fully saturated rings. The number of nitrogens with one attached hydrogen (secondary N) is 1. The molecular weight excluding hydrogens is 330 g/mol. The molecule has 0 aliphatic carbocycles. The van der Waals surface area contributed by atoms with Gasteiger partial charge in [0.25, 0.3) is 5.91 Å². The van der Waals surface area contributed by atoms with Crippen molar-refractivity contribution >= 4 is 17.8 Å². The average molecular weight is 351 g/mol. The lowest BCUT2D eigenvalue weighted by Crippen LogP contribution is -2.38. The summed E-state index contributed by atoms with van der Waals surface area (Å²) in [5, 5.41) is 3.00. The van der Waals surface area contributed by atoms with Gasteiger partial charge in [0.05, 0.1) is 12.5 Å². The number of carbonyl (C=O) groups is 3. The lowest BCUT2D eigenvalue weighted by Gasteiger charge is -2.22. The van der Waals surface area contributed by atoms with Crippen molar-refractivity contribution in [3.63, 3.8) is 0 Å². The third kappa shape index (κ3) is 3.44. The first-order chi connectivity index (χ1) is 12.5. The van der Waals surface area contributed by atoms with Crippen LogP contribution in [0.1, 0.15) is 23.6 Å². The third-order valence-electron chi connectivity index (χ3n) is 4.62. The molecule has 1 N–H and O–H groups in total. The normalized spacial score (nSPS) is 17.1. The molecule has 0 aromatic heterocycles. The van der Waals surface area contributed by atoms with Gasteiger partial charge in [-0.05, 0) is 11.1 Å². The molecule has 3 rings (SSSR count). The monoisotopic (exact) mass is 351 g/mol. The molecule has 134 valence electrons. The highest BCUT2D eigenvalue weighted by Crippen LogP contribution is 2.23. The van der Waals surface area contributed by atoms with Crippen molar-refractivity contribution in [3.8, 4) is 0 Å². The molecular formula is C20H21N3O3. The van der Waals surface area contributed by atoms with Crippen molar-refractivity contribution in [1.29, 1.82) is 0 Å². The number of urea groups is 1. The van der Waals surface area contributed by atoms with Crippen molar-refractivity contribution in [2.75, 3.05) is 14.1 Å². The lowest BCUT2D eigenvalue weighted by atomic mass is 9.98. The quantitative estimate of drug-likeness (QED) is 0.840. The van der Waals surface area contributed by atoms with E-state index in [0.29, 0.717) is 0 Å². The molecule has 0 saturated carbocycles. The highest BCUT2D eigenvalue weighted by molar-refractivity contribution is 6.05. The van der Waals surface area contributed by atoms with Crippen LogP contribution in [0.3, 0.4) is 0 Å². The Morgan fingerprint density at radius 2 is 1.46 bits per heavy atom. The van der Waals surface area contributed by atoms with Gasteiger partial charge in [0.1, 0.15) is 6.04 Å². The van der Waals surface area contributed by atoms with E-state index in [-0.39, 0.29) is 24.3 Å². The standard InChI is InChI=1S/C20H21N3O3/c1-22-16(19(25)23(2)20(22)26)13-17(24)21-18(14-9-5-3-6-10-14)15-11-7-4-8-12-15/h3-12,16,18H,13H2,1-2H3,(H,21,24). The Bertz CT molecular complexity index is 768. The van der Waals surface area contributed by atoms with Crippen LogP contribution in [-0.4, -0.2) is 47.8 Å². The Hall–Kier alpha value is -3.15. The van der Waals surface area contributed by atoms with E-state index >= 15 is 0 Å². The summed E-state index contributed by atoms with van der Waals surface area (Å²) in [5.74, 6) is -0.639. The SMILES string of the molecule is CN1C(=O)C(CC(=O)NC(c2ccccc2)c2ccccc2)N(C)C1=O. The maximum Gasteiger partial charge on any atom is 0.326 e. The largest absolute Gasteiger partial charge is 0.345 e. The van der Waals surface area contributed by atoms with E-state index in [4.69, 9.17) is 0 Å². The second-order valence-electron chi connectivity index (χ2n) is 6.33. The van der Waals surface area contributed by atoms with Gasteiger partial charge in [-0.25, -0.2) is 4.79 Å². The van der Waals surface area contributed by atoms with Crippen LogP contribution in [0.4, 0.5) is 4.79 Å². The number of carbonyl (C=O) groups excluding carboxylic acids is 3. The fourth-order valence-electron chi connectivity index (χ4n) is 3.12. The smallest absolute Gasteiger partial charge is 0.326 e. The second-order valence-corrected chi connectivity index (χ2v) is 6.33. The number of likely N-dealkylation sites (N-methyl/N-ethyl adjacent to an activating group) is 2. The minimum absolute atomic E-state index is 0.0679. The van der Waals surface area contributed by atoms with E-state index in [9.17, 15) is 14.4 Å². The summed E-state index contributed by atoms with van der Waals surface area (Å²) in [5.41, 5.74) is 1.90. The zero-order chi connectivity index (χ0) is 18.7. The third-order valence-corrected chi connectivity index (χ3v) is 4.62. The van der Waals surface area contributed by atoms with Crippen LogP contribution in [0, 0.1) is 0 Å². The van der Waals surface area contributed by atoms with Crippen molar-refractivity contribution in [2.45, 2.75) is 18.5 Å². The van der Waals surface area contributed by atoms with Gasteiger partial charge >= 0.3 is 6.03 Å². The zero-order valence-corrected chi connectivity index (χ0v) is 14.8. The van der Waals surface area contributed by atoms with Gasteiger partial charge in [0, 0.05) is 14.1 Å². The van der Waals surface area contributed by atoms with E-state index < -0.39 is 12.1 Å². The summed E-state index contributed by atoms with van der Waals surface area (Å²) in [6, 6.07) is 17.8. The Morgan fingerprint density at radius 3 is 1.88 bits per heavy atom. The topological polar surface area (TPSA) is 69.7 Å². The molecule has 1 aliphatic rings. The van der Waals surface area contributed by atoms with Crippen molar-refractivity contribution in [1.82, 2.24) is 15.1 Å². The predicted molar refractivity (Wildman–Crippen MR) is 97.2 cm³/mol. The maximum absolute atomic E-state index is 12.6. The minimum Gasteiger partial charge on any atom is -0.345 e. The molecule has 4 amide bonds. The first-order valence-corrected chi connectivity index (χ1v) is 8.42. The van der Waals surface area contributed by atoms with Gasteiger partial charge in [0.15, 0.2) is 0 Å². The molecule has 1 saturated heterocycles. The predicted octanol–water partition coefficient (Wildman–Crippen LogP) is 2.17. The average Bonchev–Trinajstić information content (AvgIpc) is 2.85. The van der Waals surface area contributed by atoms with Crippen LogP contribution in [-0.2, 0) is 9.59 Å². The molecule has 0 bridgehead atoms. The number of hydrogen-bond donors (Lipinski definition) is 1. The summed E-state index contributed by atoms with van der Waals surface area (Å²) < 4.78 is 0. The maximum atomic E-state index is 12.6. The van der Waals surface area contributed by atoms with Crippen LogP contribution in [0.5, 0.6) is 0 Å². The van der Waals surface area contributed by atoms with Crippen molar-refractivity contribution in [3.05, 3.63) is 71.8 Å². The Labute approximate surface area is 152 Å². The highest BCUT2D eigenvalue weighted by atomic mass is 16.2. The molecule has 0 radical (unpaired) electrons. The number of nitrogens with zero attached hydrogens (tertiary/aromatic N) is 2. The molecule has 1 unspecified atom stereocenters. The van der Waals surface area contributed by atoms with Crippen molar-refractivity contribution in [2.24, 2.45) is 0 Å². The molecule has 6 heteroatoms. The number of rotatable bonds is 5. The molecule has 0 spiro atoms. The second kappa shape index (κ2) is 7.39. The van der Waals surface area contributed by atoms with Crippen molar-refractivity contribution < 1.29 is 14.4 Å². The number of hydrogen-bond acceptors (Lipinski definition) is 3. The molecule has 2 aromatic carbocycles. The molecule has 1 atom stereocenters. The Kier molecular flexibility index (Phi) is 5.02. The molecule has 1 heterocycles. The number of imide groups is 1. The molecule has 2 aromatic rings. The first-order valence-electron chi connectivity index (χ1n) is 8.42. The fraction of sp³-hybridized carbons (Fsp3) is 0.250. The van der Waals surface area contributed by atoms with Crippen LogP contribution in [0.2, 0.25) is 0 Å². The van der Waals surface area contributed by atoms with Gasteiger partial charge in [-0.2, -0.15) is 0 Å². The molecule has 1 aliphatic heterocycles. The van der Waals surface area contributed by atoms with Crippen LogP contribution in [0.25, 0.3) is 0 Å². The molecule has 26 heavy (non-hydrogen) atoms. The summed E-state index contributed by atoms with van der Waals surface area (Å²) in [6.07, 6.45) is -0.0679. The summed E-state index contributed by atoms with van der Waals surface area (Å²) in [7, 11) is 2.96. The van der Waals surface area contributed by atoms with Crippen LogP contribution >= 0.6 is 0 Å². The van der Waals surface area contributed by atoms with Gasteiger partial charge in [-0.3, -0.25) is 14.5 Å². The van der Waals surface area contributed by atoms with Crippen LogP contribution in [0.15, 0.2) is 60.7 Å². The summed E-state index contributed by atoms with van der Waals surface area (Å²) in [6.45, 7) is 0. The fourth-order valence-corrected chi connectivity index (χ4v) is 3.12. The van der Waals surface area contributed by atoms with Gasteiger partial charge in [-0.1, -0.05) is 60.7 Å². The molecule has 6 nitrogen and oxygen atoms in total.